The van der Waals surface area contributed by atoms with Crippen LogP contribution in [0.5, 0.6) is 0 Å². The number of hydrogen-bond donors (Lipinski definition) is 1. The van der Waals surface area contributed by atoms with Gasteiger partial charge in [0.05, 0.1) is 23.3 Å². The molecular weight excluding hydrogens is 476 g/mol. The number of aromatic nitrogens is 5. The Hall–Kier alpha value is -3.46. The summed E-state index contributed by atoms with van der Waals surface area (Å²) < 4.78 is 1.86. The number of aromatic amines is 1. The Labute approximate surface area is 224 Å². The third-order valence-electron chi connectivity index (χ3n) is 8.17. The van der Waals surface area contributed by atoms with Gasteiger partial charge in [0.2, 0.25) is 5.91 Å². The van der Waals surface area contributed by atoms with Gasteiger partial charge in [-0.1, -0.05) is 27.7 Å². The minimum atomic E-state index is 0.190. The summed E-state index contributed by atoms with van der Waals surface area (Å²) in [5.41, 5.74) is 8.68. The molecule has 1 amide bonds. The second-order valence-corrected chi connectivity index (χ2v) is 10.8. The number of nitrogens with one attached hydrogen (secondary N) is 1. The molecule has 0 aromatic carbocycles. The first-order valence-electron chi connectivity index (χ1n) is 13.8. The number of nitrogens with zero attached hydrogens (tertiary/aromatic N) is 7. The molecule has 0 radical (unpaired) electrons. The fraction of sp³-hybridized carbons (Fsp3) is 0.517. The van der Waals surface area contributed by atoms with Crippen molar-refractivity contribution in [3.8, 4) is 11.3 Å². The van der Waals surface area contributed by atoms with Gasteiger partial charge in [-0.15, -0.1) is 0 Å². The summed E-state index contributed by atoms with van der Waals surface area (Å²) in [5.74, 6) is 1.46. The van der Waals surface area contributed by atoms with E-state index in [-0.39, 0.29) is 17.9 Å². The molecule has 4 aromatic heterocycles. The van der Waals surface area contributed by atoms with Gasteiger partial charge in [-0.3, -0.25) is 9.69 Å². The van der Waals surface area contributed by atoms with Gasteiger partial charge in [0, 0.05) is 43.0 Å². The zero-order chi connectivity index (χ0) is 27.1. The number of rotatable bonds is 7. The van der Waals surface area contributed by atoms with Crippen LogP contribution in [0.2, 0.25) is 0 Å². The van der Waals surface area contributed by atoms with E-state index in [1.54, 1.807) is 6.33 Å². The first kappa shape index (κ1) is 26.2. The Kier molecular flexibility index (Phi) is 7.13. The standard InChI is InChI=1S/C29H40N8O/c1-8-34(9-2)16-25(38)35-12-13-36(19(5)14-35)24-11-10-23-28(33-24)26(18(3)4)27(32-23)22-15-37-29(30-17-31-37)21(7)20(22)6/h10-11,15,17-19,32H,8-9,12-14,16H2,1-7H3/t19-/m0/s1. The number of carbonyl (C=O) groups is 1. The molecule has 1 saturated heterocycles. The van der Waals surface area contributed by atoms with E-state index < -0.39 is 0 Å². The number of anilines is 1. The van der Waals surface area contributed by atoms with E-state index in [1.807, 2.05) is 9.42 Å². The number of likely N-dealkylation sites (N-methyl/N-ethyl adjacent to an activating group) is 1. The van der Waals surface area contributed by atoms with Crippen molar-refractivity contribution in [1.82, 2.24) is 34.4 Å². The van der Waals surface area contributed by atoms with Gasteiger partial charge in [-0.05, 0) is 63.0 Å². The lowest BCUT2D eigenvalue weighted by atomic mass is 9.95. The maximum Gasteiger partial charge on any atom is 0.236 e. The van der Waals surface area contributed by atoms with E-state index in [0.717, 1.165) is 65.5 Å². The molecular formula is C29H40N8O. The van der Waals surface area contributed by atoms with Crippen molar-refractivity contribution in [2.75, 3.05) is 44.2 Å². The fourth-order valence-corrected chi connectivity index (χ4v) is 5.73. The Morgan fingerprint density at radius 2 is 1.92 bits per heavy atom. The number of pyridine rings is 2. The maximum absolute atomic E-state index is 12.9. The molecule has 1 aliphatic heterocycles. The van der Waals surface area contributed by atoms with Crippen molar-refractivity contribution < 1.29 is 4.79 Å². The lowest BCUT2D eigenvalue weighted by Crippen LogP contribution is -2.55. The van der Waals surface area contributed by atoms with E-state index in [2.05, 4.69) is 91.7 Å². The van der Waals surface area contributed by atoms with Crippen LogP contribution in [0.3, 0.4) is 0 Å². The van der Waals surface area contributed by atoms with E-state index in [9.17, 15) is 4.79 Å². The highest BCUT2D eigenvalue weighted by Crippen LogP contribution is 2.38. The second kappa shape index (κ2) is 10.4. The molecule has 0 aliphatic carbocycles. The number of aryl methyl sites for hydroxylation is 1. The third kappa shape index (κ3) is 4.53. The first-order valence-corrected chi connectivity index (χ1v) is 13.8. The Balaban J connectivity index is 1.47. The summed E-state index contributed by atoms with van der Waals surface area (Å²) >= 11 is 0. The fourth-order valence-electron chi connectivity index (χ4n) is 5.73. The number of carbonyl (C=O) groups excluding carboxylic acids is 1. The van der Waals surface area contributed by atoms with Crippen molar-refractivity contribution in [2.24, 2.45) is 0 Å². The van der Waals surface area contributed by atoms with Crippen molar-refractivity contribution >= 4 is 28.4 Å². The summed E-state index contributed by atoms with van der Waals surface area (Å²) in [5, 5.41) is 4.40. The van der Waals surface area contributed by atoms with Gasteiger partial charge >= 0.3 is 0 Å². The van der Waals surface area contributed by atoms with Crippen LogP contribution in [-0.4, -0.2) is 85.6 Å². The van der Waals surface area contributed by atoms with Crippen LogP contribution in [0, 0.1) is 13.8 Å². The van der Waals surface area contributed by atoms with Crippen LogP contribution in [0.15, 0.2) is 24.7 Å². The lowest BCUT2D eigenvalue weighted by Gasteiger charge is -2.41. The van der Waals surface area contributed by atoms with Crippen LogP contribution >= 0.6 is 0 Å². The van der Waals surface area contributed by atoms with Crippen LogP contribution in [0.1, 0.15) is 57.2 Å². The summed E-state index contributed by atoms with van der Waals surface area (Å²) in [4.78, 5) is 32.7. The Morgan fingerprint density at radius 1 is 1.16 bits per heavy atom. The van der Waals surface area contributed by atoms with Gasteiger partial charge < -0.3 is 14.8 Å². The zero-order valence-corrected chi connectivity index (χ0v) is 23.7. The van der Waals surface area contributed by atoms with Gasteiger partial charge in [-0.25, -0.2) is 14.5 Å². The topological polar surface area (TPSA) is 85.7 Å². The minimum Gasteiger partial charge on any atom is -0.353 e. The monoisotopic (exact) mass is 516 g/mol. The SMILES string of the molecule is CCN(CC)CC(=O)N1CCN(c2ccc3[nH]c(-c4cn5ncnc5c(C)c4C)c(C(C)C)c3n2)[C@@H](C)C1. The largest absolute Gasteiger partial charge is 0.353 e. The molecule has 5 heterocycles. The third-order valence-corrected chi connectivity index (χ3v) is 8.17. The van der Waals surface area contributed by atoms with Gasteiger partial charge in [-0.2, -0.15) is 5.10 Å². The van der Waals surface area contributed by atoms with Crippen molar-refractivity contribution in [1.29, 1.82) is 0 Å². The van der Waals surface area contributed by atoms with E-state index >= 15 is 0 Å². The van der Waals surface area contributed by atoms with Gasteiger partial charge in [0.15, 0.2) is 5.65 Å². The molecule has 1 atom stereocenters. The molecule has 1 aliphatic rings. The molecule has 4 aromatic rings. The molecule has 202 valence electrons. The van der Waals surface area contributed by atoms with E-state index in [0.29, 0.717) is 13.1 Å². The molecule has 9 nitrogen and oxygen atoms in total. The normalized spacial score (nSPS) is 16.5. The number of hydrogen-bond acceptors (Lipinski definition) is 6. The molecule has 1 fully saturated rings. The number of H-pyrrole nitrogens is 1. The molecule has 0 spiro atoms. The van der Waals surface area contributed by atoms with Crippen LogP contribution < -0.4 is 4.90 Å². The van der Waals surface area contributed by atoms with Crippen LogP contribution in [-0.2, 0) is 4.79 Å². The molecule has 1 N–H and O–H groups in total. The summed E-state index contributed by atoms with van der Waals surface area (Å²) in [6, 6.07) is 4.44. The number of piperazine rings is 1. The first-order chi connectivity index (χ1) is 18.2. The average Bonchev–Trinajstić information content (AvgIpc) is 3.53. The van der Waals surface area contributed by atoms with Crippen LogP contribution in [0.4, 0.5) is 5.82 Å². The average molecular weight is 517 g/mol. The van der Waals surface area contributed by atoms with Crippen molar-refractivity contribution in [3.63, 3.8) is 0 Å². The number of amides is 1. The van der Waals surface area contributed by atoms with Crippen molar-refractivity contribution in [3.05, 3.63) is 41.3 Å². The zero-order valence-electron chi connectivity index (χ0n) is 23.7. The second-order valence-electron chi connectivity index (χ2n) is 10.8. The molecule has 38 heavy (non-hydrogen) atoms. The summed E-state index contributed by atoms with van der Waals surface area (Å²) in [6.07, 6.45) is 3.67. The van der Waals surface area contributed by atoms with E-state index in [1.165, 1.54) is 11.1 Å². The number of fused-ring (bicyclic) bond motifs is 2. The molecule has 0 bridgehead atoms. The highest BCUT2D eigenvalue weighted by atomic mass is 16.2. The Morgan fingerprint density at radius 3 is 2.61 bits per heavy atom. The quantitative estimate of drug-likeness (QED) is 0.392. The van der Waals surface area contributed by atoms with Crippen molar-refractivity contribution in [2.45, 2.75) is 60.4 Å². The van der Waals surface area contributed by atoms with Gasteiger partial charge in [0.25, 0.3) is 0 Å². The molecule has 0 unspecified atom stereocenters. The predicted octanol–water partition coefficient (Wildman–Crippen LogP) is 4.39. The van der Waals surface area contributed by atoms with E-state index in [4.69, 9.17) is 4.98 Å². The van der Waals surface area contributed by atoms with Crippen LogP contribution in [0.25, 0.3) is 27.9 Å². The van der Waals surface area contributed by atoms with Gasteiger partial charge in [0.1, 0.15) is 12.1 Å². The maximum atomic E-state index is 12.9. The summed E-state index contributed by atoms with van der Waals surface area (Å²) in [7, 11) is 0. The Bertz CT molecular complexity index is 1460. The summed E-state index contributed by atoms with van der Waals surface area (Å²) in [6.45, 7) is 19.6. The molecule has 0 saturated carbocycles. The smallest absolute Gasteiger partial charge is 0.236 e. The molecule has 9 heteroatoms. The predicted molar refractivity (Wildman–Crippen MR) is 153 cm³/mol. The molecule has 5 rings (SSSR count). The highest BCUT2D eigenvalue weighted by Gasteiger charge is 2.29. The highest BCUT2D eigenvalue weighted by molar-refractivity contribution is 5.90. The lowest BCUT2D eigenvalue weighted by molar-refractivity contribution is -0.133. The minimum absolute atomic E-state index is 0.190.